The van der Waals surface area contributed by atoms with Crippen molar-refractivity contribution < 1.29 is 9.53 Å². The second kappa shape index (κ2) is 10.7. The van der Waals surface area contributed by atoms with Crippen molar-refractivity contribution in [2.45, 2.75) is 19.4 Å². The minimum Gasteiger partial charge on any atom is -0.374 e. The maximum atomic E-state index is 12.3. The van der Waals surface area contributed by atoms with Gasteiger partial charge in [-0.15, -0.1) is 11.3 Å². The number of hydrogen-bond acceptors (Lipinski definition) is 7. The van der Waals surface area contributed by atoms with Gasteiger partial charge in [-0.1, -0.05) is 30.3 Å². The molecule has 1 N–H and O–H groups in total. The van der Waals surface area contributed by atoms with Crippen molar-refractivity contribution in [3.8, 4) is 0 Å². The number of carbonyl (C=O) groups is 1. The number of hydrogen-bond donors (Lipinski definition) is 1. The highest BCUT2D eigenvalue weighted by molar-refractivity contribution is 7.16. The van der Waals surface area contributed by atoms with Crippen molar-refractivity contribution in [2.24, 2.45) is 0 Å². The normalized spacial score (nSPS) is 15.8. The number of ether oxygens (including phenoxy) is 1. The first-order valence-corrected chi connectivity index (χ1v) is 11.7. The van der Waals surface area contributed by atoms with Crippen LogP contribution in [0.1, 0.15) is 25.0 Å². The van der Waals surface area contributed by atoms with Gasteiger partial charge in [-0.25, -0.2) is 9.97 Å². The molecule has 3 aromatic rings. The molecule has 0 saturated carbocycles. The van der Waals surface area contributed by atoms with Crippen LogP contribution in [0.3, 0.4) is 0 Å². The number of fused-ring (bicyclic) bond motifs is 1. The monoisotopic (exact) mass is 439 g/mol. The molecule has 1 aromatic carbocycles. The summed E-state index contributed by atoms with van der Waals surface area (Å²) in [6, 6.07) is 12.3. The summed E-state index contributed by atoms with van der Waals surface area (Å²) in [5.41, 5.74) is 1.17. The van der Waals surface area contributed by atoms with E-state index in [1.165, 1.54) is 5.56 Å². The van der Waals surface area contributed by atoms with Crippen molar-refractivity contribution in [3.63, 3.8) is 0 Å². The number of amides is 1. The molecular formula is C23H29N5O2S. The molecule has 8 heteroatoms. The van der Waals surface area contributed by atoms with Crippen molar-refractivity contribution in [2.75, 3.05) is 50.8 Å². The molecule has 0 spiro atoms. The highest BCUT2D eigenvalue weighted by Crippen LogP contribution is 2.27. The summed E-state index contributed by atoms with van der Waals surface area (Å²) in [7, 11) is 0. The minimum atomic E-state index is 0.0680. The fourth-order valence-electron chi connectivity index (χ4n) is 3.79. The van der Waals surface area contributed by atoms with Crippen molar-refractivity contribution in [1.82, 2.24) is 20.2 Å². The van der Waals surface area contributed by atoms with E-state index < -0.39 is 0 Å². The molecule has 0 aliphatic carbocycles. The molecule has 1 amide bonds. The van der Waals surface area contributed by atoms with Crippen LogP contribution >= 0.6 is 11.3 Å². The van der Waals surface area contributed by atoms with E-state index in [0.717, 1.165) is 48.6 Å². The number of thiophene rings is 1. The number of benzene rings is 1. The lowest BCUT2D eigenvalue weighted by molar-refractivity contribution is -0.122. The Morgan fingerprint density at radius 2 is 1.97 bits per heavy atom. The van der Waals surface area contributed by atoms with Crippen LogP contribution in [-0.2, 0) is 9.53 Å². The first-order chi connectivity index (χ1) is 15.2. The Morgan fingerprint density at radius 1 is 1.16 bits per heavy atom. The molecule has 3 heterocycles. The Morgan fingerprint density at radius 3 is 2.77 bits per heavy atom. The molecule has 4 rings (SSSR count). The molecule has 2 aromatic heterocycles. The fraction of sp³-hybridized carbons (Fsp3) is 0.435. The molecule has 0 radical (unpaired) electrons. The molecule has 0 bridgehead atoms. The topological polar surface area (TPSA) is 70.6 Å². The van der Waals surface area contributed by atoms with Gasteiger partial charge in [0.1, 0.15) is 17.0 Å². The number of aromatic nitrogens is 2. The number of carbonyl (C=O) groups excluding carboxylic acids is 1. The Kier molecular flexibility index (Phi) is 7.45. The van der Waals surface area contributed by atoms with Gasteiger partial charge in [-0.2, -0.15) is 0 Å². The van der Waals surface area contributed by atoms with Crippen LogP contribution in [0.15, 0.2) is 48.1 Å². The Hall–Kier alpha value is -2.55. The first kappa shape index (κ1) is 21.7. The van der Waals surface area contributed by atoms with Crippen molar-refractivity contribution >= 4 is 33.3 Å². The van der Waals surface area contributed by atoms with Crippen molar-refractivity contribution in [1.29, 1.82) is 0 Å². The predicted octanol–water partition coefficient (Wildman–Crippen LogP) is 3.10. The van der Waals surface area contributed by atoms with E-state index in [1.54, 1.807) is 17.7 Å². The van der Waals surface area contributed by atoms with Crippen molar-refractivity contribution in [3.05, 3.63) is 53.7 Å². The molecule has 1 atom stereocenters. The number of nitrogens with one attached hydrogen (secondary N) is 1. The first-order valence-electron chi connectivity index (χ1n) is 10.8. The zero-order valence-electron chi connectivity index (χ0n) is 17.9. The summed E-state index contributed by atoms with van der Waals surface area (Å²) in [6.07, 6.45) is 2.51. The van der Waals surface area contributed by atoms with Crippen LogP contribution in [0.25, 0.3) is 10.2 Å². The third kappa shape index (κ3) is 5.78. The largest absolute Gasteiger partial charge is 0.374 e. The third-order valence-electron chi connectivity index (χ3n) is 5.56. The van der Waals surface area contributed by atoms with E-state index in [0.29, 0.717) is 19.7 Å². The highest BCUT2D eigenvalue weighted by atomic mass is 32.1. The Bertz CT molecular complexity index is 972. The average molecular weight is 440 g/mol. The zero-order valence-corrected chi connectivity index (χ0v) is 18.7. The number of piperazine rings is 1. The van der Waals surface area contributed by atoms with Gasteiger partial charge in [0, 0.05) is 39.3 Å². The second-order valence-corrected chi connectivity index (χ2v) is 8.62. The fourth-order valence-corrected chi connectivity index (χ4v) is 4.51. The SMILES string of the molecule is CC(OCCCNC(=O)CN1CCN(c2ncnc3sccc23)CC1)c1ccccc1. The van der Waals surface area contributed by atoms with Gasteiger partial charge in [0.2, 0.25) is 5.91 Å². The van der Waals surface area contributed by atoms with E-state index in [1.807, 2.05) is 18.2 Å². The Balaban J connectivity index is 1.13. The summed E-state index contributed by atoms with van der Waals surface area (Å²) in [5, 5.41) is 6.18. The van der Waals surface area contributed by atoms with Gasteiger partial charge in [-0.05, 0) is 30.4 Å². The lowest BCUT2D eigenvalue weighted by Gasteiger charge is -2.35. The van der Waals surface area contributed by atoms with E-state index in [-0.39, 0.29) is 12.0 Å². The lowest BCUT2D eigenvalue weighted by atomic mass is 10.1. The second-order valence-electron chi connectivity index (χ2n) is 7.73. The van der Waals surface area contributed by atoms with Crippen LogP contribution in [-0.4, -0.2) is 66.7 Å². The standard InChI is InChI=1S/C23H29N5O2S/c1-18(19-6-3-2-4-7-19)30-14-5-9-24-21(29)16-27-10-12-28(13-11-27)22-20-8-15-31-23(20)26-17-25-22/h2-4,6-8,15,17-18H,5,9-14,16H2,1H3,(H,24,29). The van der Waals surface area contributed by atoms with E-state index >= 15 is 0 Å². The molecule has 31 heavy (non-hydrogen) atoms. The summed E-state index contributed by atoms with van der Waals surface area (Å²) in [5.74, 6) is 1.08. The van der Waals surface area contributed by atoms with Crippen LogP contribution in [0.5, 0.6) is 0 Å². The van der Waals surface area contributed by atoms with E-state index in [4.69, 9.17) is 4.74 Å². The number of rotatable bonds is 9. The zero-order chi connectivity index (χ0) is 21.5. The molecule has 1 unspecified atom stereocenters. The van der Waals surface area contributed by atoms with Gasteiger partial charge in [0.05, 0.1) is 18.0 Å². The predicted molar refractivity (Wildman–Crippen MR) is 125 cm³/mol. The van der Waals surface area contributed by atoms with E-state index in [2.05, 4.69) is 55.6 Å². The Labute approximate surface area is 187 Å². The van der Waals surface area contributed by atoms with Crippen LogP contribution in [0.4, 0.5) is 5.82 Å². The molecular weight excluding hydrogens is 410 g/mol. The molecule has 1 aliphatic rings. The molecule has 164 valence electrons. The van der Waals surface area contributed by atoms with Gasteiger partial charge >= 0.3 is 0 Å². The van der Waals surface area contributed by atoms with Crippen LogP contribution in [0.2, 0.25) is 0 Å². The van der Waals surface area contributed by atoms with Crippen LogP contribution < -0.4 is 10.2 Å². The van der Waals surface area contributed by atoms with Gasteiger partial charge < -0.3 is 15.0 Å². The quantitative estimate of drug-likeness (QED) is 0.517. The maximum absolute atomic E-state index is 12.3. The third-order valence-corrected chi connectivity index (χ3v) is 6.38. The molecule has 1 saturated heterocycles. The average Bonchev–Trinajstić information content (AvgIpc) is 3.29. The number of nitrogens with zero attached hydrogens (tertiary/aromatic N) is 4. The molecule has 1 fully saturated rings. The number of anilines is 1. The summed E-state index contributed by atoms with van der Waals surface area (Å²) in [4.78, 5) is 26.6. The van der Waals surface area contributed by atoms with Gasteiger partial charge in [-0.3, -0.25) is 9.69 Å². The van der Waals surface area contributed by atoms with Gasteiger partial charge in [0.25, 0.3) is 0 Å². The molecule has 7 nitrogen and oxygen atoms in total. The smallest absolute Gasteiger partial charge is 0.234 e. The maximum Gasteiger partial charge on any atom is 0.234 e. The summed E-state index contributed by atoms with van der Waals surface area (Å²) < 4.78 is 5.86. The highest BCUT2D eigenvalue weighted by Gasteiger charge is 2.21. The summed E-state index contributed by atoms with van der Waals surface area (Å²) >= 11 is 1.64. The van der Waals surface area contributed by atoms with Crippen LogP contribution in [0, 0.1) is 0 Å². The molecule has 1 aliphatic heterocycles. The van der Waals surface area contributed by atoms with E-state index in [9.17, 15) is 4.79 Å². The minimum absolute atomic E-state index is 0.0680. The summed E-state index contributed by atoms with van der Waals surface area (Å²) in [6.45, 7) is 7.18. The lowest BCUT2D eigenvalue weighted by Crippen LogP contribution is -2.49. The van der Waals surface area contributed by atoms with Gasteiger partial charge in [0.15, 0.2) is 0 Å².